The van der Waals surface area contributed by atoms with Crippen LogP contribution in [0.5, 0.6) is 0 Å². The monoisotopic (exact) mass is 442 g/mol. The highest BCUT2D eigenvalue weighted by atomic mass is 16.5. The Labute approximate surface area is 194 Å². The molecular formula is C26H30N6O. The van der Waals surface area contributed by atoms with E-state index in [9.17, 15) is 0 Å². The van der Waals surface area contributed by atoms with Gasteiger partial charge >= 0.3 is 0 Å². The van der Waals surface area contributed by atoms with Crippen LogP contribution in [0.4, 0.5) is 11.5 Å². The van der Waals surface area contributed by atoms with E-state index in [0.717, 1.165) is 29.9 Å². The van der Waals surface area contributed by atoms with Gasteiger partial charge in [-0.1, -0.05) is 42.5 Å². The van der Waals surface area contributed by atoms with Gasteiger partial charge in [0, 0.05) is 24.9 Å². The van der Waals surface area contributed by atoms with E-state index < -0.39 is 0 Å². The summed E-state index contributed by atoms with van der Waals surface area (Å²) in [4.78, 5) is 14.5. The van der Waals surface area contributed by atoms with E-state index in [1.807, 2.05) is 19.1 Å². The summed E-state index contributed by atoms with van der Waals surface area (Å²) in [5.74, 6) is 1.34. The van der Waals surface area contributed by atoms with Gasteiger partial charge in [0.1, 0.15) is 11.6 Å². The van der Waals surface area contributed by atoms with Crippen molar-refractivity contribution in [2.24, 2.45) is 0 Å². The van der Waals surface area contributed by atoms with Gasteiger partial charge in [-0.15, -0.1) is 0 Å². The number of aryl methyl sites for hydroxylation is 1. The normalized spacial score (nSPS) is 16.2. The number of ether oxygens (including phenoxy) is 1. The minimum atomic E-state index is 0.131. The van der Waals surface area contributed by atoms with Gasteiger partial charge in [-0.05, 0) is 49.2 Å². The van der Waals surface area contributed by atoms with Crippen molar-refractivity contribution < 1.29 is 4.74 Å². The molecule has 0 spiro atoms. The van der Waals surface area contributed by atoms with Crippen molar-refractivity contribution in [1.29, 1.82) is 0 Å². The molecule has 2 aromatic heterocycles. The number of imidazole rings is 1. The lowest BCUT2D eigenvalue weighted by atomic mass is 10.0. The van der Waals surface area contributed by atoms with Gasteiger partial charge in [0.05, 0.1) is 24.2 Å². The van der Waals surface area contributed by atoms with Gasteiger partial charge in [-0.2, -0.15) is 0 Å². The molecule has 2 atom stereocenters. The molecule has 2 aromatic carbocycles. The summed E-state index contributed by atoms with van der Waals surface area (Å²) in [7, 11) is 3.91. The highest BCUT2D eigenvalue weighted by Gasteiger charge is 2.26. The van der Waals surface area contributed by atoms with Crippen LogP contribution in [0.15, 0.2) is 54.6 Å². The van der Waals surface area contributed by atoms with Crippen LogP contribution in [-0.4, -0.2) is 40.6 Å². The van der Waals surface area contributed by atoms with Gasteiger partial charge in [0.15, 0.2) is 5.65 Å². The number of likely N-dealkylation sites (N-methyl/N-ethyl adjacent to an activating group) is 1. The second-order valence-electron chi connectivity index (χ2n) is 8.85. The topological polar surface area (TPSA) is 92.1 Å². The first-order valence-corrected chi connectivity index (χ1v) is 11.3. The highest BCUT2D eigenvalue weighted by molar-refractivity contribution is 5.79. The molecule has 7 nitrogen and oxygen atoms in total. The molecule has 0 bridgehead atoms. The van der Waals surface area contributed by atoms with Gasteiger partial charge in [0.2, 0.25) is 0 Å². The summed E-state index contributed by atoms with van der Waals surface area (Å²) >= 11 is 0. The summed E-state index contributed by atoms with van der Waals surface area (Å²) in [5.41, 5.74) is 13.8. The standard InChI is InChI=1S/C26H30N6O/c1-16-28-25-20(13-24(27)31-26(25)29-16)22-12-19-11-17(9-10-21(19)30-22)14-32(2)23(15-33-3)18-7-5-4-6-8-18/h4-11,13,22-23,30H,12,14-15H2,1-3H3,(H3,27,28,29,31). The lowest BCUT2D eigenvalue weighted by molar-refractivity contribution is 0.102. The maximum absolute atomic E-state index is 6.08. The van der Waals surface area contributed by atoms with Crippen LogP contribution in [0.25, 0.3) is 11.2 Å². The molecule has 0 aliphatic carbocycles. The van der Waals surface area contributed by atoms with Crippen molar-refractivity contribution in [2.45, 2.75) is 32.0 Å². The lowest BCUT2D eigenvalue weighted by Gasteiger charge is -2.28. The van der Waals surface area contributed by atoms with Crippen LogP contribution in [0, 0.1) is 6.92 Å². The number of anilines is 2. The van der Waals surface area contributed by atoms with E-state index in [1.54, 1.807) is 7.11 Å². The number of benzene rings is 2. The predicted molar refractivity (Wildman–Crippen MR) is 132 cm³/mol. The van der Waals surface area contributed by atoms with Crippen molar-refractivity contribution in [3.05, 3.63) is 82.7 Å². The minimum absolute atomic E-state index is 0.131. The minimum Gasteiger partial charge on any atom is -0.384 e. The van der Waals surface area contributed by atoms with E-state index in [2.05, 4.69) is 74.7 Å². The Morgan fingerprint density at radius 1 is 1.15 bits per heavy atom. The summed E-state index contributed by atoms with van der Waals surface area (Å²) in [5, 5.41) is 3.66. The third-order valence-electron chi connectivity index (χ3n) is 6.40. The molecule has 4 aromatic rings. The fourth-order valence-corrected chi connectivity index (χ4v) is 4.83. The number of hydrogen-bond donors (Lipinski definition) is 3. The lowest BCUT2D eigenvalue weighted by Crippen LogP contribution is -2.27. The molecular weight excluding hydrogens is 412 g/mol. The van der Waals surface area contributed by atoms with E-state index in [0.29, 0.717) is 18.1 Å². The fraction of sp³-hybridized carbons (Fsp3) is 0.308. The Morgan fingerprint density at radius 3 is 2.76 bits per heavy atom. The summed E-state index contributed by atoms with van der Waals surface area (Å²) < 4.78 is 5.53. The maximum atomic E-state index is 6.08. The third-order valence-corrected chi connectivity index (χ3v) is 6.40. The molecule has 0 amide bonds. The number of nitrogens with one attached hydrogen (secondary N) is 2. The van der Waals surface area contributed by atoms with Crippen LogP contribution < -0.4 is 11.1 Å². The summed E-state index contributed by atoms with van der Waals surface area (Å²) in [6.45, 7) is 3.43. The molecule has 7 heteroatoms. The second-order valence-corrected chi connectivity index (χ2v) is 8.85. The molecule has 0 saturated heterocycles. The third kappa shape index (κ3) is 4.29. The zero-order valence-corrected chi connectivity index (χ0v) is 19.3. The van der Waals surface area contributed by atoms with E-state index >= 15 is 0 Å². The zero-order valence-electron chi connectivity index (χ0n) is 19.3. The van der Waals surface area contributed by atoms with Gasteiger partial charge < -0.3 is 20.8 Å². The van der Waals surface area contributed by atoms with Crippen LogP contribution in [0.3, 0.4) is 0 Å². The molecule has 33 heavy (non-hydrogen) atoms. The van der Waals surface area contributed by atoms with Crippen LogP contribution in [-0.2, 0) is 17.7 Å². The molecule has 1 aliphatic rings. The van der Waals surface area contributed by atoms with E-state index in [1.165, 1.54) is 22.4 Å². The number of hydrogen-bond acceptors (Lipinski definition) is 6. The number of methoxy groups -OCH3 is 1. The van der Waals surface area contributed by atoms with E-state index in [4.69, 9.17) is 10.5 Å². The van der Waals surface area contributed by atoms with Gasteiger partial charge in [-0.3, -0.25) is 4.90 Å². The number of nitrogens with zero attached hydrogens (tertiary/aromatic N) is 3. The van der Waals surface area contributed by atoms with Crippen molar-refractivity contribution in [3.63, 3.8) is 0 Å². The Bertz CT molecular complexity index is 1270. The quantitative estimate of drug-likeness (QED) is 0.393. The Balaban J connectivity index is 1.36. The molecule has 5 rings (SSSR count). The zero-order chi connectivity index (χ0) is 22.9. The Morgan fingerprint density at radius 2 is 1.97 bits per heavy atom. The number of aromatic amines is 1. The van der Waals surface area contributed by atoms with Gasteiger partial charge in [-0.25, -0.2) is 9.97 Å². The fourth-order valence-electron chi connectivity index (χ4n) is 4.83. The number of fused-ring (bicyclic) bond motifs is 2. The smallest absolute Gasteiger partial charge is 0.180 e. The second kappa shape index (κ2) is 8.84. The molecule has 0 radical (unpaired) electrons. The average Bonchev–Trinajstić information content (AvgIpc) is 3.39. The Hall–Kier alpha value is -3.42. The number of nitrogen functional groups attached to an aromatic ring is 1. The Kier molecular flexibility index (Phi) is 5.74. The summed E-state index contributed by atoms with van der Waals surface area (Å²) in [6, 6.07) is 19.5. The molecule has 1 aliphatic heterocycles. The van der Waals surface area contributed by atoms with Crippen molar-refractivity contribution >= 4 is 22.7 Å². The predicted octanol–water partition coefficient (Wildman–Crippen LogP) is 4.38. The van der Waals surface area contributed by atoms with E-state index in [-0.39, 0.29) is 12.1 Å². The molecule has 170 valence electrons. The largest absolute Gasteiger partial charge is 0.384 e. The molecule has 0 saturated carbocycles. The highest BCUT2D eigenvalue weighted by Crippen LogP contribution is 2.37. The first kappa shape index (κ1) is 21.4. The number of aromatic nitrogens is 3. The van der Waals surface area contributed by atoms with Crippen LogP contribution in [0.2, 0.25) is 0 Å². The average molecular weight is 443 g/mol. The SMILES string of the molecule is COCC(c1ccccc1)N(C)Cc1ccc2c(c1)CC(c1cc(N)nc3nc(C)[nH]c13)N2. The number of H-pyrrole nitrogens is 1. The number of pyridine rings is 1. The molecule has 3 heterocycles. The molecule has 0 fully saturated rings. The first-order chi connectivity index (χ1) is 16.0. The summed E-state index contributed by atoms with van der Waals surface area (Å²) in [6.07, 6.45) is 0.893. The molecule has 2 unspecified atom stereocenters. The van der Waals surface area contributed by atoms with Gasteiger partial charge in [0.25, 0.3) is 0 Å². The maximum Gasteiger partial charge on any atom is 0.180 e. The molecule has 4 N–H and O–H groups in total. The number of rotatable bonds is 7. The van der Waals surface area contributed by atoms with Crippen LogP contribution in [0.1, 0.15) is 40.2 Å². The van der Waals surface area contributed by atoms with Crippen molar-refractivity contribution in [1.82, 2.24) is 19.9 Å². The first-order valence-electron chi connectivity index (χ1n) is 11.3. The number of nitrogens with two attached hydrogens (primary N) is 1. The van der Waals surface area contributed by atoms with Crippen LogP contribution >= 0.6 is 0 Å². The van der Waals surface area contributed by atoms with Crippen molar-refractivity contribution in [2.75, 3.05) is 31.8 Å². The van der Waals surface area contributed by atoms with Crippen molar-refractivity contribution in [3.8, 4) is 0 Å².